The molecule has 1 N–H and O–H groups in total. The summed E-state index contributed by atoms with van der Waals surface area (Å²) in [6.45, 7) is 4.50. The quantitative estimate of drug-likeness (QED) is 0.784. The summed E-state index contributed by atoms with van der Waals surface area (Å²) < 4.78 is 13.7. The lowest BCUT2D eigenvalue weighted by Gasteiger charge is -2.28. The zero-order valence-electron chi connectivity index (χ0n) is 11.4. The summed E-state index contributed by atoms with van der Waals surface area (Å²) in [6.07, 6.45) is 5.18. The Morgan fingerprint density at radius 1 is 1.11 bits per heavy atom. The van der Waals surface area contributed by atoms with E-state index in [4.69, 9.17) is 0 Å². The first-order chi connectivity index (χ1) is 8.40. The number of rotatable bonds is 2. The Morgan fingerprint density at radius 2 is 1.83 bits per heavy atom. The van der Waals surface area contributed by atoms with Crippen LogP contribution in [0.3, 0.4) is 0 Å². The fraction of sp³-hybridized carbons (Fsp3) is 0.625. The van der Waals surface area contributed by atoms with Crippen LogP contribution in [0.1, 0.15) is 51.5 Å². The molecule has 1 aliphatic carbocycles. The van der Waals surface area contributed by atoms with E-state index in [-0.39, 0.29) is 5.82 Å². The van der Waals surface area contributed by atoms with Crippen LogP contribution < -0.4 is 0 Å². The average molecular weight is 250 g/mol. The van der Waals surface area contributed by atoms with Gasteiger partial charge in [-0.25, -0.2) is 4.39 Å². The molecule has 0 spiro atoms. The average Bonchev–Trinajstić information content (AvgIpc) is 2.42. The molecule has 1 aliphatic rings. The smallest absolute Gasteiger partial charge is 0.126 e. The Labute approximate surface area is 109 Å². The molecule has 0 heterocycles. The molecule has 1 aromatic carbocycles. The number of hydrogen-bond donors (Lipinski definition) is 1. The van der Waals surface area contributed by atoms with Crippen molar-refractivity contribution in [1.82, 2.24) is 0 Å². The number of benzene rings is 1. The zero-order valence-corrected chi connectivity index (χ0v) is 11.4. The van der Waals surface area contributed by atoms with Crippen LogP contribution in [0.5, 0.6) is 0 Å². The van der Waals surface area contributed by atoms with Crippen molar-refractivity contribution in [3.63, 3.8) is 0 Å². The molecule has 0 amide bonds. The van der Waals surface area contributed by atoms with Gasteiger partial charge < -0.3 is 5.11 Å². The highest BCUT2D eigenvalue weighted by atomic mass is 19.1. The highest BCUT2D eigenvalue weighted by molar-refractivity contribution is 5.19. The third-order valence-electron chi connectivity index (χ3n) is 4.24. The van der Waals surface area contributed by atoms with Crippen molar-refractivity contribution in [1.29, 1.82) is 0 Å². The minimum atomic E-state index is -0.726. The van der Waals surface area contributed by atoms with Crippen molar-refractivity contribution in [2.45, 2.75) is 58.0 Å². The molecule has 0 saturated heterocycles. The molecule has 2 rings (SSSR count). The third-order valence-corrected chi connectivity index (χ3v) is 4.24. The molecule has 100 valence electrons. The predicted octanol–water partition coefficient (Wildman–Crippen LogP) is 4.09. The molecule has 0 bridgehead atoms. The third kappa shape index (κ3) is 3.32. The lowest BCUT2D eigenvalue weighted by atomic mass is 9.83. The maximum atomic E-state index is 13.7. The molecule has 1 unspecified atom stereocenters. The van der Waals surface area contributed by atoms with Crippen LogP contribution in [0.25, 0.3) is 0 Å². The van der Waals surface area contributed by atoms with E-state index in [1.54, 1.807) is 12.1 Å². The molecule has 1 atom stereocenters. The lowest BCUT2D eigenvalue weighted by Crippen LogP contribution is -2.31. The van der Waals surface area contributed by atoms with Crippen LogP contribution in [-0.2, 0) is 6.42 Å². The van der Waals surface area contributed by atoms with Crippen molar-refractivity contribution in [3.8, 4) is 0 Å². The second kappa shape index (κ2) is 5.00. The Bertz CT molecular complexity index is 413. The topological polar surface area (TPSA) is 20.2 Å². The molecular formula is C16H23FO. The first kappa shape index (κ1) is 13.5. The summed E-state index contributed by atoms with van der Waals surface area (Å²) in [5.41, 5.74) is 0.218. The molecule has 1 saturated carbocycles. The van der Waals surface area contributed by atoms with Gasteiger partial charge in [-0.15, -0.1) is 0 Å². The van der Waals surface area contributed by atoms with Crippen molar-refractivity contribution >= 4 is 0 Å². The van der Waals surface area contributed by atoms with Gasteiger partial charge in [-0.05, 0) is 42.7 Å². The van der Waals surface area contributed by atoms with Gasteiger partial charge in [-0.2, -0.15) is 0 Å². The zero-order chi connectivity index (χ0) is 13.2. The Kier molecular flexibility index (Phi) is 3.76. The number of aliphatic hydroxyl groups is 1. The van der Waals surface area contributed by atoms with Crippen LogP contribution in [0.15, 0.2) is 24.3 Å². The normalized spacial score (nSPS) is 27.8. The van der Waals surface area contributed by atoms with Crippen molar-refractivity contribution in [2.24, 2.45) is 5.41 Å². The van der Waals surface area contributed by atoms with Crippen LogP contribution >= 0.6 is 0 Å². The largest absolute Gasteiger partial charge is 0.390 e. The Hall–Kier alpha value is -0.890. The molecule has 1 fully saturated rings. The first-order valence-corrected chi connectivity index (χ1v) is 6.86. The SMILES string of the molecule is CC1(C)CCCC(O)(Cc2ccccc2F)CC1. The fourth-order valence-electron chi connectivity index (χ4n) is 2.89. The second-order valence-electron chi connectivity index (χ2n) is 6.51. The van der Waals surface area contributed by atoms with Crippen molar-refractivity contribution in [3.05, 3.63) is 35.6 Å². The highest BCUT2D eigenvalue weighted by Crippen LogP contribution is 2.39. The molecule has 1 nitrogen and oxygen atoms in total. The van der Waals surface area contributed by atoms with Crippen LogP contribution in [0, 0.1) is 11.2 Å². The van der Waals surface area contributed by atoms with Gasteiger partial charge in [0.05, 0.1) is 5.60 Å². The minimum absolute atomic E-state index is 0.200. The Morgan fingerprint density at radius 3 is 2.56 bits per heavy atom. The van der Waals surface area contributed by atoms with E-state index in [9.17, 15) is 9.50 Å². The van der Waals surface area contributed by atoms with Gasteiger partial charge in [0.1, 0.15) is 5.82 Å². The molecule has 0 radical (unpaired) electrons. The van der Waals surface area contributed by atoms with Gasteiger partial charge in [0.25, 0.3) is 0 Å². The summed E-state index contributed by atoms with van der Waals surface area (Å²) >= 11 is 0. The number of hydrogen-bond acceptors (Lipinski definition) is 1. The molecular weight excluding hydrogens is 227 g/mol. The van der Waals surface area contributed by atoms with E-state index in [0.717, 1.165) is 32.1 Å². The molecule has 18 heavy (non-hydrogen) atoms. The van der Waals surface area contributed by atoms with Gasteiger partial charge in [-0.3, -0.25) is 0 Å². The van der Waals surface area contributed by atoms with Crippen LogP contribution in [0.2, 0.25) is 0 Å². The summed E-state index contributed by atoms with van der Waals surface area (Å²) in [5, 5.41) is 10.7. The lowest BCUT2D eigenvalue weighted by molar-refractivity contribution is 0.0218. The van der Waals surface area contributed by atoms with Gasteiger partial charge >= 0.3 is 0 Å². The first-order valence-electron chi connectivity index (χ1n) is 6.86. The second-order valence-corrected chi connectivity index (χ2v) is 6.51. The summed E-state index contributed by atoms with van der Waals surface area (Å²) in [5.74, 6) is -0.200. The van der Waals surface area contributed by atoms with Crippen molar-refractivity contribution in [2.75, 3.05) is 0 Å². The van der Waals surface area contributed by atoms with E-state index in [1.807, 2.05) is 6.07 Å². The van der Waals surface area contributed by atoms with E-state index in [0.29, 0.717) is 17.4 Å². The van der Waals surface area contributed by atoms with Gasteiger partial charge in [0.2, 0.25) is 0 Å². The van der Waals surface area contributed by atoms with Crippen LogP contribution in [-0.4, -0.2) is 10.7 Å². The fourth-order valence-corrected chi connectivity index (χ4v) is 2.89. The van der Waals surface area contributed by atoms with E-state index in [1.165, 1.54) is 6.07 Å². The summed E-state index contributed by atoms with van der Waals surface area (Å²) in [6, 6.07) is 6.78. The summed E-state index contributed by atoms with van der Waals surface area (Å²) in [7, 11) is 0. The standard InChI is InChI=1S/C16H23FO/c1-15(2)8-5-9-16(18,11-10-15)12-13-6-3-4-7-14(13)17/h3-4,6-7,18H,5,8-12H2,1-2H3. The Balaban J connectivity index is 2.10. The predicted molar refractivity (Wildman–Crippen MR) is 71.9 cm³/mol. The maximum Gasteiger partial charge on any atom is 0.126 e. The molecule has 0 aromatic heterocycles. The van der Waals surface area contributed by atoms with E-state index >= 15 is 0 Å². The molecule has 2 heteroatoms. The van der Waals surface area contributed by atoms with Gasteiger partial charge in [0, 0.05) is 6.42 Å². The minimum Gasteiger partial charge on any atom is -0.390 e. The molecule has 1 aromatic rings. The van der Waals surface area contributed by atoms with Gasteiger partial charge in [0.15, 0.2) is 0 Å². The number of halogens is 1. The van der Waals surface area contributed by atoms with Crippen molar-refractivity contribution < 1.29 is 9.50 Å². The van der Waals surface area contributed by atoms with Crippen LogP contribution in [0.4, 0.5) is 4.39 Å². The summed E-state index contributed by atoms with van der Waals surface area (Å²) in [4.78, 5) is 0. The maximum absolute atomic E-state index is 13.7. The van der Waals surface area contributed by atoms with E-state index < -0.39 is 5.60 Å². The van der Waals surface area contributed by atoms with E-state index in [2.05, 4.69) is 13.8 Å². The monoisotopic (exact) mass is 250 g/mol. The molecule has 0 aliphatic heterocycles. The van der Waals surface area contributed by atoms with Gasteiger partial charge in [-0.1, -0.05) is 38.5 Å². The highest BCUT2D eigenvalue weighted by Gasteiger charge is 2.34.